The minimum Gasteiger partial charge on any atom is -0.491 e. The summed E-state index contributed by atoms with van der Waals surface area (Å²) >= 11 is 3.36. The largest absolute Gasteiger partial charge is 0.491 e. The Kier molecular flexibility index (Phi) is 4.93. The number of ether oxygens (including phenoxy) is 1. The normalized spacial score (nSPS) is 11.7. The van der Waals surface area contributed by atoms with E-state index in [2.05, 4.69) is 34.7 Å². The fourth-order valence-electron chi connectivity index (χ4n) is 1.29. The Balaban J connectivity index is 2.89. The zero-order valence-corrected chi connectivity index (χ0v) is 13.2. The summed E-state index contributed by atoms with van der Waals surface area (Å²) in [5, 5.41) is 0. The summed E-state index contributed by atoms with van der Waals surface area (Å²) in [6.07, 6.45) is 0. The van der Waals surface area contributed by atoms with E-state index >= 15 is 0 Å². The van der Waals surface area contributed by atoms with Gasteiger partial charge < -0.3 is 9.64 Å². The predicted octanol–water partition coefficient (Wildman–Crippen LogP) is 3.37. The molecule has 0 unspecified atom stereocenters. The maximum Gasteiger partial charge on any atom is 0.163 e. The van der Waals surface area contributed by atoms with Crippen molar-refractivity contribution in [1.82, 2.24) is 4.90 Å². The SMILES string of the molecule is CC(=O)c1cc(Br)ccc1OCC(C)(C)N(C)C. The lowest BCUT2D eigenvalue weighted by Crippen LogP contribution is -2.43. The Morgan fingerprint density at radius 3 is 2.50 bits per heavy atom. The third-order valence-corrected chi connectivity index (χ3v) is 3.61. The third-order valence-electron chi connectivity index (χ3n) is 3.11. The van der Waals surface area contributed by atoms with Crippen molar-refractivity contribution >= 4 is 21.7 Å². The first kappa shape index (κ1) is 15.2. The molecule has 0 aliphatic carbocycles. The molecule has 1 aromatic rings. The molecule has 0 spiro atoms. The zero-order chi connectivity index (χ0) is 13.9. The molecule has 0 aliphatic rings. The van der Waals surface area contributed by atoms with Gasteiger partial charge in [0.1, 0.15) is 12.4 Å². The summed E-state index contributed by atoms with van der Waals surface area (Å²) < 4.78 is 6.68. The van der Waals surface area contributed by atoms with E-state index < -0.39 is 0 Å². The molecule has 0 amide bonds. The zero-order valence-electron chi connectivity index (χ0n) is 11.6. The highest BCUT2D eigenvalue weighted by molar-refractivity contribution is 9.10. The lowest BCUT2D eigenvalue weighted by Gasteiger charge is -2.32. The van der Waals surface area contributed by atoms with Crippen LogP contribution in [0.25, 0.3) is 0 Å². The molecule has 3 nitrogen and oxygen atoms in total. The van der Waals surface area contributed by atoms with Crippen LogP contribution < -0.4 is 4.74 Å². The number of ketones is 1. The number of halogens is 1. The second-order valence-electron chi connectivity index (χ2n) is 5.19. The molecule has 0 N–H and O–H groups in total. The van der Waals surface area contributed by atoms with E-state index in [1.54, 1.807) is 13.0 Å². The molecule has 4 heteroatoms. The standard InChI is InChI=1S/C14H20BrNO2/c1-10(17)12-8-11(15)6-7-13(12)18-9-14(2,3)16(4)5/h6-8H,9H2,1-5H3. The van der Waals surface area contributed by atoms with Crippen molar-refractivity contribution in [3.8, 4) is 5.75 Å². The monoisotopic (exact) mass is 313 g/mol. The van der Waals surface area contributed by atoms with Crippen LogP contribution in [0.2, 0.25) is 0 Å². The molecule has 1 aromatic carbocycles. The van der Waals surface area contributed by atoms with E-state index in [0.717, 1.165) is 4.47 Å². The van der Waals surface area contributed by atoms with Gasteiger partial charge in [-0.2, -0.15) is 0 Å². The first-order valence-corrected chi connectivity index (χ1v) is 6.64. The molecule has 0 heterocycles. The van der Waals surface area contributed by atoms with Gasteiger partial charge in [-0.15, -0.1) is 0 Å². The Morgan fingerprint density at radius 2 is 2.00 bits per heavy atom. The molecule has 0 aromatic heterocycles. The molecule has 0 aliphatic heterocycles. The minimum atomic E-state index is -0.0822. The summed E-state index contributed by atoms with van der Waals surface area (Å²) in [5.74, 6) is 0.648. The molecule has 1 rings (SSSR count). The van der Waals surface area contributed by atoms with Gasteiger partial charge in [0.05, 0.1) is 5.56 Å². The molecule has 0 radical (unpaired) electrons. The van der Waals surface area contributed by atoms with Gasteiger partial charge in [0.25, 0.3) is 0 Å². The van der Waals surface area contributed by atoms with Gasteiger partial charge in [-0.3, -0.25) is 4.79 Å². The van der Waals surface area contributed by atoms with Gasteiger partial charge in [0, 0.05) is 10.0 Å². The maximum atomic E-state index is 11.6. The number of likely N-dealkylation sites (N-methyl/N-ethyl adjacent to an activating group) is 1. The summed E-state index contributed by atoms with van der Waals surface area (Å²) in [7, 11) is 4.02. The summed E-state index contributed by atoms with van der Waals surface area (Å²) in [4.78, 5) is 13.7. The molecule has 0 atom stereocenters. The number of nitrogens with zero attached hydrogens (tertiary/aromatic N) is 1. The minimum absolute atomic E-state index is 0.00830. The van der Waals surface area contributed by atoms with Gasteiger partial charge in [-0.1, -0.05) is 15.9 Å². The van der Waals surface area contributed by atoms with Gasteiger partial charge in [-0.25, -0.2) is 0 Å². The third kappa shape index (κ3) is 3.82. The van der Waals surface area contributed by atoms with Crippen LogP contribution in [0.5, 0.6) is 5.75 Å². The number of hydrogen-bond donors (Lipinski definition) is 0. The maximum absolute atomic E-state index is 11.6. The first-order valence-electron chi connectivity index (χ1n) is 5.85. The lowest BCUT2D eigenvalue weighted by atomic mass is 10.1. The number of rotatable bonds is 5. The van der Waals surface area contributed by atoms with Crippen LogP contribution in [0.1, 0.15) is 31.1 Å². The van der Waals surface area contributed by atoms with Crippen molar-refractivity contribution in [3.63, 3.8) is 0 Å². The smallest absolute Gasteiger partial charge is 0.163 e. The van der Waals surface area contributed by atoms with E-state index in [-0.39, 0.29) is 11.3 Å². The van der Waals surface area contributed by atoms with Crippen LogP contribution in [0.15, 0.2) is 22.7 Å². The Bertz CT molecular complexity index is 441. The Morgan fingerprint density at radius 1 is 1.39 bits per heavy atom. The van der Waals surface area contributed by atoms with E-state index in [1.807, 2.05) is 26.2 Å². The molecule has 0 saturated carbocycles. The molecular formula is C14H20BrNO2. The second-order valence-corrected chi connectivity index (χ2v) is 6.11. The van der Waals surface area contributed by atoms with Crippen LogP contribution in [-0.2, 0) is 0 Å². The lowest BCUT2D eigenvalue weighted by molar-refractivity contribution is 0.0987. The predicted molar refractivity (Wildman–Crippen MR) is 77.4 cm³/mol. The number of Topliss-reactive ketones (excluding diaryl/α,β-unsaturated/α-hetero) is 1. The van der Waals surface area contributed by atoms with E-state index in [4.69, 9.17) is 4.74 Å². The second kappa shape index (κ2) is 5.85. The summed E-state index contributed by atoms with van der Waals surface area (Å²) in [6.45, 7) is 6.27. The van der Waals surface area contributed by atoms with E-state index in [9.17, 15) is 4.79 Å². The highest BCUT2D eigenvalue weighted by Gasteiger charge is 2.22. The van der Waals surface area contributed by atoms with Gasteiger partial charge in [0.2, 0.25) is 0 Å². The average Bonchev–Trinajstić information content (AvgIpc) is 2.27. The molecular weight excluding hydrogens is 294 g/mol. The fourth-order valence-corrected chi connectivity index (χ4v) is 1.65. The number of carbonyl (C=O) groups is 1. The average molecular weight is 314 g/mol. The van der Waals surface area contributed by atoms with Gasteiger partial charge >= 0.3 is 0 Å². The van der Waals surface area contributed by atoms with Gasteiger partial charge in [0.15, 0.2) is 5.78 Å². The highest BCUT2D eigenvalue weighted by atomic mass is 79.9. The van der Waals surface area contributed by atoms with E-state index in [1.165, 1.54) is 0 Å². The van der Waals surface area contributed by atoms with Crippen LogP contribution >= 0.6 is 15.9 Å². The summed E-state index contributed by atoms with van der Waals surface area (Å²) in [5.41, 5.74) is 0.528. The molecule has 0 fully saturated rings. The van der Waals surface area contributed by atoms with Crippen LogP contribution in [0, 0.1) is 0 Å². The highest BCUT2D eigenvalue weighted by Crippen LogP contribution is 2.25. The van der Waals surface area contributed by atoms with Crippen LogP contribution in [-0.4, -0.2) is 36.9 Å². The van der Waals surface area contributed by atoms with Gasteiger partial charge in [-0.05, 0) is 53.1 Å². The topological polar surface area (TPSA) is 29.5 Å². The number of carbonyl (C=O) groups excluding carboxylic acids is 1. The van der Waals surface area contributed by atoms with Crippen LogP contribution in [0.3, 0.4) is 0 Å². The number of hydrogen-bond acceptors (Lipinski definition) is 3. The number of benzene rings is 1. The molecule has 18 heavy (non-hydrogen) atoms. The van der Waals surface area contributed by atoms with E-state index in [0.29, 0.717) is 17.9 Å². The van der Waals surface area contributed by atoms with Crippen molar-refractivity contribution < 1.29 is 9.53 Å². The van der Waals surface area contributed by atoms with Crippen molar-refractivity contribution in [2.75, 3.05) is 20.7 Å². The molecule has 0 bridgehead atoms. The Hall–Kier alpha value is -0.870. The quantitative estimate of drug-likeness (QED) is 0.781. The summed E-state index contributed by atoms with van der Waals surface area (Å²) in [6, 6.07) is 5.50. The van der Waals surface area contributed by atoms with Crippen molar-refractivity contribution in [3.05, 3.63) is 28.2 Å². The van der Waals surface area contributed by atoms with Crippen LogP contribution in [0.4, 0.5) is 0 Å². The molecule has 0 saturated heterocycles. The fraction of sp³-hybridized carbons (Fsp3) is 0.500. The van der Waals surface area contributed by atoms with Crippen molar-refractivity contribution in [2.45, 2.75) is 26.3 Å². The first-order chi connectivity index (χ1) is 8.24. The Labute approximate surface area is 117 Å². The van der Waals surface area contributed by atoms with Crippen molar-refractivity contribution in [1.29, 1.82) is 0 Å². The molecule has 100 valence electrons. The van der Waals surface area contributed by atoms with Crippen molar-refractivity contribution in [2.24, 2.45) is 0 Å².